The zero-order chi connectivity index (χ0) is 46.7. The second-order valence-corrected chi connectivity index (χ2v) is 19.1. The summed E-state index contributed by atoms with van der Waals surface area (Å²) in [5.41, 5.74) is -6.98. The number of hydrogen-bond acceptors (Lipinski definition) is 15. The number of alkyl carbamates (subject to hydrolysis) is 1. The van der Waals surface area contributed by atoms with E-state index >= 15 is 4.79 Å². The summed E-state index contributed by atoms with van der Waals surface area (Å²) in [4.78, 5) is 97.3. The molecule has 0 unspecified atom stereocenters. The van der Waals surface area contributed by atoms with E-state index in [-0.39, 0.29) is 36.2 Å². The van der Waals surface area contributed by atoms with Crippen molar-refractivity contribution in [3.8, 4) is 0 Å². The Morgan fingerprint density at radius 1 is 0.906 bits per heavy atom. The molecule has 1 spiro atoms. The number of carbonyl (C=O) groups is 7. The van der Waals surface area contributed by atoms with Crippen LogP contribution in [0.3, 0.4) is 0 Å². The smallest absolute Gasteiger partial charge is 0.408 e. The Hall–Kier alpha value is -5.61. The standard InChI is InChI=1S/C48H57NO15/c1-10-33(52)61-37(35(28-17-13-11-14-18-28)49-43(56)64-44(5,6)7)42(55)60-31-23-48(57)40(62-41(54)29-19-15-12-16-20-29)38-46(22-30(46)21-32-47(38,24-58-32)63-27(4)51)39(53)36(59-26(3)50)34(25(31)2)45(48,8)9/h11-20,30-32,35-38,40,57H,10,21-24H2,1-9H3,(H,49,56)/t30-,31+,32-,35+,36-,37-,38+,40+,46-,47+,48-/m0/s1. The van der Waals surface area contributed by atoms with Crippen LogP contribution in [0.2, 0.25) is 0 Å². The molecule has 2 aromatic rings. The van der Waals surface area contributed by atoms with Crippen LogP contribution in [-0.4, -0.2) is 101 Å². The molecule has 1 aliphatic heterocycles. The van der Waals surface area contributed by atoms with Gasteiger partial charge in [-0.1, -0.05) is 69.3 Å². The highest BCUT2D eigenvalue weighted by Crippen LogP contribution is 2.74. The number of carbonyl (C=O) groups excluding carboxylic acids is 7. The molecule has 2 bridgehead atoms. The lowest BCUT2D eigenvalue weighted by Gasteiger charge is -2.64. The fourth-order valence-electron chi connectivity index (χ4n) is 10.7. The van der Waals surface area contributed by atoms with E-state index in [0.29, 0.717) is 12.0 Å². The Balaban J connectivity index is 1.40. The highest BCUT2D eigenvalue weighted by molar-refractivity contribution is 5.97. The van der Waals surface area contributed by atoms with Gasteiger partial charge in [-0.3, -0.25) is 19.2 Å². The predicted octanol–water partition coefficient (Wildman–Crippen LogP) is 5.43. The van der Waals surface area contributed by atoms with Crippen molar-refractivity contribution < 1.29 is 71.8 Å². The third-order valence-corrected chi connectivity index (χ3v) is 13.7. The first-order chi connectivity index (χ1) is 30.0. The van der Waals surface area contributed by atoms with E-state index in [2.05, 4.69) is 5.32 Å². The Kier molecular flexibility index (Phi) is 12.1. The second-order valence-electron chi connectivity index (χ2n) is 19.1. The second kappa shape index (κ2) is 16.7. The molecule has 2 N–H and O–H groups in total. The molecule has 7 rings (SSSR count). The molecule has 64 heavy (non-hydrogen) atoms. The van der Waals surface area contributed by atoms with Crippen molar-refractivity contribution >= 4 is 41.7 Å². The van der Waals surface area contributed by atoms with Crippen molar-refractivity contribution in [1.82, 2.24) is 5.32 Å². The third kappa shape index (κ3) is 7.96. The molecule has 4 aliphatic carbocycles. The summed E-state index contributed by atoms with van der Waals surface area (Å²) in [6.45, 7) is 13.5. The number of aliphatic hydroxyl groups is 1. The number of nitrogens with one attached hydrogen (secondary N) is 1. The number of Topliss-reactive ketones (excluding diaryl/α,β-unsaturated/α-hetero) is 1. The maximum Gasteiger partial charge on any atom is 0.408 e. The largest absolute Gasteiger partial charge is 0.455 e. The number of rotatable bonds is 11. The van der Waals surface area contributed by atoms with E-state index in [1.54, 1.807) is 90.1 Å². The van der Waals surface area contributed by atoms with Crippen LogP contribution in [-0.2, 0) is 57.1 Å². The van der Waals surface area contributed by atoms with Gasteiger partial charge in [0.15, 0.2) is 17.5 Å². The van der Waals surface area contributed by atoms with Gasteiger partial charge in [0, 0.05) is 37.5 Å². The van der Waals surface area contributed by atoms with Gasteiger partial charge in [0.2, 0.25) is 6.10 Å². The molecule has 11 atom stereocenters. The Morgan fingerprint density at radius 2 is 1.55 bits per heavy atom. The zero-order valence-corrected chi connectivity index (χ0v) is 37.6. The molecule has 344 valence electrons. The number of hydrogen-bond donors (Lipinski definition) is 2. The van der Waals surface area contributed by atoms with Gasteiger partial charge in [-0.05, 0) is 75.3 Å². The topological polar surface area (TPSA) is 216 Å². The summed E-state index contributed by atoms with van der Waals surface area (Å²) < 4.78 is 42.3. The molecule has 2 aromatic carbocycles. The van der Waals surface area contributed by atoms with Gasteiger partial charge in [0.25, 0.3) is 0 Å². The first-order valence-electron chi connectivity index (χ1n) is 21.7. The summed E-state index contributed by atoms with van der Waals surface area (Å²) in [7, 11) is 0. The fourth-order valence-corrected chi connectivity index (χ4v) is 10.7. The molecular formula is C48H57NO15. The Morgan fingerprint density at radius 3 is 2.11 bits per heavy atom. The molecule has 1 heterocycles. The molecular weight excluding hydrogens is 831 g/mol. The van der Waals surface area contributed by atoms with Gasteiger partial charge in [0.1, 0.15) is 35.6 Å². The molecule has 5 aliphatic rings. The molecule has 3 saturated carbocycles. The molecule has 1 saturated heterocycles. The number of fused-ring (bicyclic) bond motifs is 4. The summed E-state index contributed by atoms with van der Waals surface area (Å²) in [5.74, 6) is -6.48. The highest BCUT2D eigenvalue weighted by atomic mass is 16.6. The SMILES string of the molecule is CCC(=O)O[C@H](C(=O)O[C@@H]1C[C@]2(O)[C@H](OC(=O)c3ccccc3)[C@H]3[C@@]4(OC(C)=O)CO[C@H]4C[C@H]4C[C@]43C(=O)[C@@H](OC(C)=O)C(=C1C)C2(C)C)[C@H](NC(=O)OC(C)(C)C)c1ccccc1. The quantitative estimate of drug-likeness (QED) is 0.163. The van der Waals surface area contributed by atoms with Gasteiger partial charge in [-0.2, -0.15) is 0 Å². The van der Waals surface area contributed by atoms with E-state index in [1.807, 2.05) is 0 Å². The Labute approximate surface area is 371 Å². The maximum absolute atomic E-state index is 15.6. The molecule has 0 aromatic heterocycles. The van der Waals surface area contributed by atoms with Crippen molar-refractivity contribution in [1.29, 1.82) is 0 Å². The summed E-state index contributed by atoms with van der Waals surface area (Å²) in [6, 6.07) is 15.0. The van der Waals surface area contributed by atoms with E-state index in [1.165, 1.54) is 26.0 Å². The minimum absolute atomic E-state index is 0.112. The number of ketones is 1. The van der Waals surface area contributed by atoms with Crippen LogP contribution >= 0.6 is 0 Å². The fraction of sp³-hybridized carbons (Fsp3) is 0.562. The van der Waals surface area contributed by atoms with Gasteiger partial charge in [-0.15, -0.1) is 0 Å². The van der Waals surface area contributed by atoms with E-state index in [0.717, 1.165) is 6.92 Å². The van der Waals surface area contributed by atoms with Crippen LogP contribution in [0, 0.1) is 22.7 Å². The van der Waals surface area contributed by atoms with Gasteiger partial charge >= 0.3 is 35.9 Å². The zero-order valence-electron chi connectivity index (χ0n) is 37.6. The van der Waals surface area contributed by atoms with E-state index in [4.69, 9.17) is 33.2 Å². The van der Waals surface area contributed by atoms with Crippen molar-refractivity contribution in [2.24, 2.45) is 22.7 Å². The monoisotopic (exact) mass is 887 g/mol. The predicted molar refractivity (Wildman–Crippen MR) is 224 cm³/mol. The minimum atomic E-state index is -2.28. The molecule has 1 amide bonds. The van der Waals surface area contributed by atoms with Crippen molar-refractivity contribution in [2.45, 2.75) is 141 Å². The van der Waals surface area contributed by atoms with Crippen LogP contribution < -0.4 is 5.32 Å². The van der Waals surface area contributed by atoms with Crippen LogP contribution in [0.25, 0.3) is 0 Å². The van der Waals surface area contributed by atoms with E-state index < -0.39 is 124 Å². The summed E-state index contributed by atoms with van der Waals surface area (Å²) in [5, 5.41) is 16.5. The average Bonchev–Trinajstić information content (AvgIpc) is 3.95. The summed E-state index contributed by atoms with van der Waals surface area (Å²) >= 11 is 0. The average molecular weight is 888 g/mol. The molecule has 16 heteroatoms. The summed E-state index contributed by atoms with van der Waals surface area (Å²) in [6.07, 6.45) is -8.32. The lowest BCUT2D eigenvalue weighted by Crippen LogP contribution is -2.78. The van der Waals surface area contributed by atoms with Gasteiger partial charge < -0.3 is 43.6 Å². The lowest BCUT2D eigenvalue weighted by molar-refractivity contribution is -0.323. The number of amides is 1. The van der Waals surface area contributed by atoms with Crippen LogP contribution in [0.4, 0.5) is 4.79 Å². The van der Waals surface area contributed by atoms with Crippen molar-refractivity contribution in [3.63, 3.8) is 0 Å². The normalized spacial score (nSPS) is 31.9. The number of esters is 5. The van der Waals surface area contributed by atoms with Crippen molar-refractivity contribution in [3.05, 3.63) is 82.9 Å². The first kappa shape index (κ1) is 46.4. The maximum atomic E-state index is 15.6. The lowest BCUT2D eigenvalue weighted by atomic mass is 9.48. The van der Waals surface area contributed by atoms with Crippen LogP contribution in [0.5, 0.6) is 0 Å². The Bertz CT molecular complexity index is 2250. The van der Waals surface area contributed by atoms with Gasteiger partial charge in [0.05, 0.1) is 18.1 Å². The van der Waals surface area contributed by atoms with Gasteiger partial charge in [-0.25, -0.2) is 14.4 Å². The van der Waals surface area contributed by atoms with Crippen LogP contribution in [0.15, 0.2) is 71.8 Å². The van der Waals surface area contributed by atoms with Crippen LogP contribution in [0.1, 0.15) is 110 Å². The number of ether oxygens (including phenoxy) is 7. The molecule has 16 nitrogen and oxygen atoms in total. The minimum Gasteiger partial charge on any atom is -0.455 e. The third-order valence-electron chi connectivity index (χ3n) is 13.7. The van der Waals surface area contributed by atoms with Crippen molar-refractivity contribution in [2.75, 3.05) is 6.61 Å². The first-order valence-corrected chi connectivity index (χ1v) is 21.7. The van der Waals surface area contributed by atoms with E-state index in [9.17, 15) is 33.9 Å². The number of benzene rings is 2. The highest BCUT2D eigenvalue weighted by Gasteiger charge is 2.84. The molecule has 4 fully saturated rings. The molecule has 0 radical (unpaired) electrons.